The van der Waals surface area contributed by atoms with Crippen LogP contribution in [-0.4, -0.2) is 37.2 Å². The van der Waals surface area contributed by atoms with Gasteiger partial charge in [0, 0.05) is 11.4 Å². The predicted octanol–water partition coefficient (Wildman–Crippen LogP) is 1.01. The average molecular weight is 316 g/mol. The number of nitrogens with two attached hydrogens (primary N) is 1. The highest BCUT2D eigenvalue weighted by atomic mass is 35.5. The van der Waals surface area contributed by atoms with Gasteiger partial charge < -0.3 is 16.0 Å². The lowest BCUT2D eigenvalue weighted by Gasteiger charge is -2.28. The smallest absolute Gasteiger partial charge is 0.240 e. The molecule has 0 aromatic heterocycles. The lowest BCUT2D eigenvalue weighted by Crippen LogP contribution is -2.43. The molecule has 1 heterocycles. The first-order chi connectivity index (χ1) is 9.22. The van der Waals surface area contributed by atoms with Gasteiger partial charge in [0.1, 0.15) is 6.54 Å². The Hall–Kier alpha value is -1.24. The van der Waals surface area contributed by atoms with Gasteiger partial charge in [-0.15, -0.1) is 24.2 Å². The highest BCUT2D eigenvalue weighted by Crippen LogP contribution is 2.34. The summed E-state index contributed by atoms with van der Waals surface area (Å²) in [7, 11) is 0. The molecule has 1 aromatic carbocycles. The van der Waals surface area contributed by atoms with Crippen LogP contribution in [-0.2, 0) is 9.59 Å². The largest absolute Gasteiger partial charge is 0.355 e. The van der Waals surface area contributed by atoms with E-state index in [0.717, 1.165) is 17.0 Å². The van der Waals surface area contributed by atoms with Crippen LogP contribution in [0.2, 0.25) is 0 Å². The van der Waals surface area contributed by atoms with Crippen molar-refractivity contribution in [1.82, 2.24) is 5.32 Å². The molecule has 0 fully saturated rings. The number of fused-ring (bicyclic) bond motifs is 1. The van der Waals surface area contributed by atoms with Gasteiger partial charge in [0.05, 0.1) is 11.4 Å². The van der Waals surface area contributed by atoms with Crippen LogP contribution in [0.4, 0.5) is 5.69 Å². The zero-order valence-electron chi connectivity index (χ0n) is 11.0. The number of rotatable bonds is 5. The van der Waals surface area contributed by atoms with E-state index in [1.807, 2.05) is 24.3 Å². The van der Waals surface area contributed by atoms with E-state index in [0.29, 0.717) is 18.8 Å². The van der Waals surface area contributed by atoms with Crippen LogP contribution in [0, 0.1) is 0 Å². The van der Waals surface area contributed by atoms with E-state index in [1.165, 1.54) is 11.8 Å². The fourth-order valence-corrected chi connectivity index (χ4v) is 2.79. The monoisotopic (exact) mass is 315 g/mol. The first kappa shape index (κ1) is 16.8. The number of para-hydroxylation sites is 1. The number of nitrogens with one attached hydrogen (secondary N) is 1. The Morgan fingerprint density at radius 1 is 1.40 bits per heavy atom. The van der Waals surface area contributed by atoms with Gasteiger partial charge in [-0.05, 0) is 25.1 Å². The second-order valence-corrected chi connectivity index (χ2v) is 5.25. The summed E-state index contributed by atoms with van der Waals surface area (Å²) in [6.07, 6.45) is 0.742. The van der Waals surface area contributed by atoms with Crippen LogP contribution in [0.5, 0.6) is 0 Å². The molecule has 1 aromatic rings. The molecule has 110 valence electrons. The number of carbonyl (C=O) groups excluding carboxylic acids is 2. The molecule has 0 atom stereocenters. The van der Waals surface area contributed by atoms with Crippen molar-refractivity contribution in [2.45, 2.75) is 11.3 Å². The average Bonchev–Trinajstić information content (AvgIpc) is 2.42. The molecule has 7 heteroatoms. The second kappa shape index (κ2) is 8.14. The maximum atomic E-state index is 11.9. The Morgan fingerprint density at radius 2 is 2.15 bits per heavy atom. The Balaban J connectivity index is 0.00000200. The third-order valence-electron chi connectivity index (χ3n) is 2.81. The normalized spacial score (nSPS) is 13.4. The van der Waals surface area contributed by atoms with Gasteiger partial charge in [0.15, 0.2) is 0 Å². The first-order valence-corrected chi connectivity index (χ1v) is 7.20. The van der Waals surface area contributed by atoms with Crippen LogP contribution < -0.4 is 16.0 Å². The molecule has 0 spiro atoms. The number of benzene rings is 1. The van der Waals surface area contributed by atoms with Crippen LogP contribution in [0.1, 0.15) is 6.42 Å². The zero-order chi connectivity index (χ0) is 13.7. The Bertz CT molecular complexity index is 484. The van der Waals surface area contributed by atoms with Gasteiger partial charge in [-0.3, -0.25) is 9.59 Å². The standard InChI is InChI=1S/C13H17N3O2S.ClH/c14-6-3-7-15-12(17)8-16-10-4-1-2-5-11(10)19-9-13(16)18;/h1-2,4-5H,3,6-9,14H2,(H,15,17);1H. The molecule has 0 radical (unpaired) electrons. The second-order valence-electron chi connectivity index (χ2n) is 4.23. The Kier molecular flexibility index (Phi) is 6.84. The minimum absolute atomic E-state index is 0. The van der Waals surface area contributed by atoms with E-state index in [-0.39, 0.29) is 30.8 Å². The summed E-state index contributed by atoms with van der Waals surface area (Å²) in [4.78, 5) is 26.3. The summed E-state index contributed by atoms with van der Waals surface area (Å²) in [6, 6.07) is 7.64. The van der Waals surface area contributed by atoms with Crippen molar-refractivity contribution in [3.8, 4) is 0 Å². The summed E-state index contributed by atoms with van der Waals surface area (Å²) >= 11 is 1.51. The molecular weight excluding hydrogens is 298 g/mol. The van der Waals surface area contributed by atoms with Crippen molar-refractivity contribution in [2.75, 3.05) is 30.3 Å². The lowest BCUT2D eigenvalue weighted by molar-refractivity contribution is -0.122. The van der Waals surface area contributed by atoms with Gasteiger partial charge in [0.25, 0.3) is 0 Å². The summed E-state index contributed by atoms with van der Waals surface area (Å²) in [5.41, 5.74) is 6.18. The fourth-order valence-electron chi connectivity index (χ4n) is 1.86. The maximum absolute atomic E-state index is 11.9. The number of thioether (sulfide) groups is 1. The number of hydrogen-bond acceptors (Lipinski definition) is 4. The van der Waals surface area contributed by atoms with Crippen molar-refractivity contribution in [3.05, 3.63) is 24.3 Å². The molecular formula is C13H18ClN3O2S. The van der Waals surface area contributed by atoms with Crippen molar-refractivity contribution >= 4 is 41.7 Å². The van der Waals surface area contributed by atoms with Crippen LogP contribution >= 0.6 is 24.2 Å². The molecule has 5 nitrogen and oxygen atoms in total. The molecule has 2 amide bonds. The van der Waals surface area contributed by atoms with Gasteiger partial charge in [-0.2, -0.15) is 0 Å². The fraction of sp³-hybridized carbons (Fsp3) is 0.385. The highest BCUT2D eigenvalue weighted by Gasteiger charge is 2.25. The number of anilines is 1. The van der Waals surface area contributed by atoms with E-state index in [2.05, 4.69) is 5.32 Å². The summed E-state index contributed by atoms with van der Waals surface area (Å²) in [5.74, 6) is 0.203. The molecule has 2 rings (SSSR count). The van der Waals surface area contributed by atoms with Crippen molar-refractivity contribution < 1.29 is 9.59 Å². The summed E-state index contributed by atoms with van der Waals surface area (Å²) in [6.45, 7) is 1.16. The molecule has 0 unspecified atom stereocenters. The van der Waals surface area contributed by atoms with Gasteiger partial charge in [-0.1, -0.05) is 12.1 Å². The van der Waals surface area contributed by atoms with E-state index >= 15 is 0 Å². The minimum Gasteiger partial charge on any atom is -0.355 e. The molecule has 0 saturated carbocycles. The predicted molar refractivity (Wildman–Crippen MR) is 83.4 cm³/mol. The van der Waals surface area contributed by atoms with Crippen LogP contribution in [0.3, 0.4) is 0 Å². The number of carbonyl (C=O) groups is 2. The van der Waals surface area contributed by atoms with Crippen molar-refractivity contribution in [2.24, 2.45) is 5.73 Å². The molecule has 1 aliphatic heterocycles. The molecule has 1 aliphatic rings. The van der Waals surface area contributed by atoms with E-state index < -0.39 is 0 Å². The summed E-state index contributed by atoms with van der Waals surface area (Å²) < 4.78 is 0. The number of hydrogen-bond donors (Lipinski definition) is 2. The Labute approximate surface area is 128 Å². The highest BCUT2D eigenvalue weighted by molar-refractivity contribution is 8.00. The molecule has 0 bridgehead atoms. The first-order valence-electron chi connectivity index (χ1n) is 6.21. The zero-order valence-corrected chi connectivity index (χ0v) is 12.6. The van der Waals surface area contributed by atoms with Crippen molar-refractivity contribution in [3.63, 3.8) is 0 Å². The number of amides is 2. The molecule has 20 heavy (non-hydrogen) atoms. The topological polar surface area (TPSA) is 75.4 Å². The van der Waals surface area contributed by atoms with E-state index in [4.69, 9.17) is 5.73 Å². The quantitative estimate of drug-likeness (QED) is 0.795. The van der Waals surface area contributed by atoms with E-state index in [9.17, 15) is 9.59 Å². The SMILES string of the molecule is Cl.NCCCNC(=O)CN1C(=O)CSc2ccccc21. The van der Waals surface area contributed by atoms with Crippen LogP contribution in [0.15, 0.2) is 29.2 Å². The van der Waals surface area contributed by atoms with Gasteiger partial charge in [0.2, 0.25) is 11.8 Å². The maximum Gasteiger partial charge on any atom is 0.240 e. The van der Waals surface area contributed by atoms with Crippen LogP contribution in [0.25, 0.3) is 0 Å². The van der Waals surface area contributed by atoms with Gasteiger partial charge in [-0.25, -0.2) is 0 Å². The number of nitrogens with zero attached hydrogens (tertiary/aromatic N) is 1. The molecule has 0 saturated heterocycles. The van der Waals surface area contributed by atoms with E-state index in [1.54, 1.807) is 4.90 Å². The third-order valence-corrected chi connectivity index (χ3v) is 3.86. The summed E-state index contributed by atoms with van der Waals surface area (Å²) in [5, 5.41) is 2.76. The molecule has 3 N–H and O–H groups in total. The van der Waals surface area contributed by atoms with Gasteiger partial charge >= 0.3 is 0 Å². The Morgan fingerprint density at radius 3 is 2.90 bits per heavy atom. The molecule has 0 aliphatic carbocycles. The lowest BCUT2D eigenvalue weighted by atomic mass is 10.2. The third kappa shape index (κ3) is 4.13. The number of halogens is 1. The van der Waals surface area contributed by atoms with Crippen molar-refractivity contribution in [1.29, 1.82) is 0 Å². The minimum atomic E-state index is -0.150.